The third-order valence-corrected chi connectivity index (χ3v) is 3.60. The van der Waals surface area contributed by atoms with Gasteiger partial charge in [-0.15, -0.1) is 0 Å². The van der Waals surface area contributed by atoms with Crippen molar-refractivity contribution in [2.45, 2.75) is 12.0 Å². The number of rotatable bonds is 5. The van der Waals surface area contributed by atoms with Gasteiger partial charge in [0.15, 0.2) is 0 Å². The summed E-state index contributed by atoms with van der Waals surface area (Å²) in [5.74, 6) is -0.690. The summed E-state index contributed by atoms with van der Waals surface area (Å²) >= 11 is 3.21. The highest BCUT2D eigenvalue weighted by molar-refractivity contribution is 9.10. The lowest BCUT2D eigenvalue weighted by Gasteiger charge is -2.26. The van der Waals surface area contributed by atoms with Gasteiger partial charge in [-0.2, -0.15) is 0 Å². The molecular weight excluding hydrogens is 316 g/mol. The topological polar surface area (TPSA) is 80.7 Å². The van der Waals surface area contributed by atoms with Crippen LogP contribution in [-0.4, -0.2) is 48.5 Å². The van der Waals surface area contributed by atoms with Gasteiger partial charge in [-0.05, 0) is 22.0 Å². The predicted octanol–water partition coefficient (Wildman–Crippen LogP) is 1.76. The van der Waals surface area contributed by atoms with E-state index in [2.05, 4.69) is 26.2 Å². The van der Waals surface area contributed by atoms with Crippen LogP contribution in [0.15, 0.2) is 16.7 Å². The molecule has 1 aliphatic heterocycles. The van der Waals surface area contributed by atoms with Crippen molar-refractivity contribution in [2.75, 3.05) is 32.2 Å². The zero-order valence-corrected chi connectivity index (χ0v) is 12.1. The van der Waals surface area contributed by atoms with Gasteiger partial charge in [0.2, 0.25) is 0 Å². The second-order valence-corrected chi connectivity index (χ2v) is 5.31. The maximum atomic E-state index is 11.2. The Balaban J connectivity index is 2.13. The lowest BCUT2D eigenvalue weighted by molar-refractivity contribution is -0.00627. The molecule has 1 saturated heterocycles. The minimum atomic E-state index is -1.02. The quantitative estimate of drug-likeness (QED) is 0.856. The number of anilines is 1. The zero-order chi connectivity index (χ0) is 13.9. The minimum absolute atomic E-state index is 0.125. The van der Waals surface area contributed by atoms with Crippen LogP contribution < -0.4 is 5.32 Å². The first-order chi connectivity index (χ1) is 9.06. The van der Waals surface area contributed by atoms with Gasteiger partial charge in [0.05, 0.1) is 6.61 Å². The SMILES string of the molecule is COC1(CNc2ncc(Br)cc2C(=O)O)CCOC1. The largest absolute Gasteiger partial charge is 0.478 e. The van der Waals surface area contributed by atoms with Crippen molar-refractivity contribution in [3.05, 3.63) is 22.3 Å². The smallest absolute Gasteiger partial charge is 0.339 e. The van der Waals surface area contributed by atoms with Crippen LogP contribution >= 0.6 is 15.9 Å². The Morgan fingerprint density at radius 2 is 2.53 bits per heavy atom. The molecule has 0 bridgehead atoms. The van der Waals surface area contributed by atoms with Crippen molar-refractivity contribution >= 4 is 27.7 Å². The molecule has 2 rings (SSSR count). The number of methoxy groups -OCH3 is 1. The van der Waals surface area contributed by atoms with Gasteiger partial charge in [-0.3, -0.25) is 0 Å². The molecule has 0 saturated carbocycles. The second kappa shape index (κ2) is 5.85. The van der Waals surface area contributed by atoms with E-state index in [4.69, 9.17) is 14.6 Å². The molecule has 1 aliphatic rings. The average molecular weight is 331 g/mol. The molecule has 1 unspecified atom stereocenters. The Kier molecular flexibility index (Phi) is 4.38. The van der Waals surface area contributed by atoms with Gasteiger partial charge in [-0.1, -0.05) is 0 Å². The van der Waals surface area contributed by atoms with Crippen molar-refractivity contribution in [1.82, 2.24) is 4.98 Å². The molecule has 2 N–H and O–H groups in total. The van der Waals surface area contributed by atoms with Crippen molar-refractivity contribution in [3.63, 3.8) is 0 Å². The highest BCUT2D eigenvalue weighted by Gasteiger charge is 2.35. The molecule has 0 aromatic carbocycles. The number of pyridine rings is 1. The number of carboxylic acid groups (broad SMARTS) is 1. The summed E-state index contributed by atoms with van der Waals surface area (Å²) in [5.41, 5.74) is -0.288. The number of carboxylic acids is 1. The maximum absolute atomic E-state index is 11.2. The summed E-state index contributed by atoms with van der Waals surface area (Å²) < 4.78 is 11.4. The lowest BCUT2D eigenvalue weighted by atomic mass is 10.0. The molecule has 19 heavy (non-hydrogen) atoms. The first-order valence-electron chi connectivity index (χ1n) is 5.82. The molecule has 104 valence electrons. The number of hydrogen-bond donors (Lipinski definition) is 2. The molecule has 0 aliphatic carbocycles. The number of ether oxygens (including phenoxy) is 2. The fourth-order valence-corrected chi connectivity index (χ4v) is 2.28. The third kappa shape index (κ3) is 3.23. The Bertz CT molecular complexity index is 475. The molecule has 7 heteroatoms. The van der Waals surface area contributed by atoms with Gasteiger partial charge in [-0.25, -0.2) is 9.78 Å². The number of aromatic carboxylic acids is 1. The van der Waals surface area contributed by atoms with Crippen LogP contribution in [0.5, 0.6) is 0 Å². The molecule has 1 aromatic heterocycles. The summed E-state index contributed by atoms with van der Waals surface area (Å²) in [4.78, 5) is 15.3. The van der Waals surface area contributed by atoms with Crippen molar-refractivity contribution in [2.24, 2.45) is 0 Å². The van der Waals surface area contributed by atoms with E-state index < -0.39 is 11.6 Å². The van der Waals surface area contributed by atoms with Crippen LogP contribution in [-0.2, 0) is 9.47 Å². The Labute approximate surface area is 119 Å². The Morgan fingerprint density at radius 1 is 1.74 bits per heavy atom. The molecule has 0 spiro atoms. The van der Waals surface area contributed by atoms with E-state index in [1.807, 2.05) is 0 Å². The number of carbonyl (C=O) groups is 1. The van der Waals surface area contributed by atoms with E-state index in [-0.39, 0.29) is 5.56 Å². The van der Waals surface area contributed by atoms with Crippen molar-refractivity contribution in [3.8, 4) is 0 Å². The monoisotopic (exact) mass is 330 g/mol. The Hall–Kier alpha value is -1.18. The number of aromatic nitrogens is 1. The molecule has 1 atom stereocenters. The Morgan fingerprint density at radius 3 is 3.11 bits per heavy atom. The summed E-state index contributed by atoms with van der Waals surface area (Å²) in [6.07, 6.45) is 2.33. The molecule has 1 fully saturated rings. The predicted molar refractivity (Wildman–Crippen MR) is 72.6 cm³/mol. The van der Waals surface area contributed by atoms with Gasteiger partial charge in [0, 0.05) is 37.4 Å². The highest BCUT2D eigenvalue weighted by atomic mass is 79.9. The number of hydrogen-bond acceptors (Lipinski definition) is 5. The van der Waals surface area contributed by atoms with Gasteiger partial charge >= 0.3 is 5.97 Å². The standard InChI is InChI=1S/C12H15BrN2O4/c1-18-12(2-3-19-7-12)6-15-10-9(11(16)17)4-8(13)5-14-10/h4-5H,2-3,6-7H2,1H3,(H,14,15)(H,16,17). The van der Waals surface area contributed by atoms with Gasteiger partial charge in [0.25, 0.3) is 0 Å². The third-order valence-electron chi connectivity index (χ3n) is 3.16. The summed E-state index contributed by atoms with van der Waals surface area (Å²) in [5, 5.41) is 12.2. The molecule has 6 nitrogen and oxygen atoms in total. The van der Waals surface area contributed by atoms with Crippen LogP contribution in [0.1, 0.15) is 16.8 Å². The van der Waals surface area contributed by atoms with Gasteiger partial charge < -0.3 is 19.9 Å². The fraction of sp³-hybridized carbons (Fsp3) is 0.500. The van der Waals surface area contributed by atoms with Crippen molar-refractivity contribution < 1.29 is 19.4 Å². The van der Waals surface area contributed by atoms with E-state index in [1.165, 1.54) is 6.07 Å². The van der Waals surface area contributed by atoms with E-state index >= 15 is 0 Å². The number of halogens is 1. The number of nitrogens with zero attached hydrogens (tertiary/aromatic N) is 1. The molecular formula is C12H15BrN2O4. The number of nitrogens with one attached hydrogen (secondary N) is 1. The summed E-state index contributed by atoms with van der Waals surface area (Å²) in [6, 6.07) is 1.52. The summed E-state index contributed by atoms with van der Waals surface area (Å²) in [7, 11) is 1.63. The normalized spacial score (nSPS) is 22.4. The van der Waals surface area contributed by atoms with E-state index in [0.717, 1.165) is 6.42 Å². The van der Waals surface area contributed by atoms with Crippen LogP contribution in [0.2, 0.25) is 0 Å². The molecule has 1 aromatic rings. The average Bonchev–Trinajstić information content (AvgIpc) is 2.86. The van der Waals surface area contributed by atoms with E-state index in [9.17, 15) is 4.79 Å². The summed E-state index contributed by atoms with van der Waals surface area (Å²) in [6.45, 7) is 1.60. The van der Waals surface area contributed by atoms with Crippen LogP contribution in [0.3, 0.4) is 0 Å². The highest BCUT2D eigenvalue weighted by Crippen LogP contribution is 2.24. The van der Waals surface area contributed by atoms with E-state index in [0.29, 0.717) is 30.0 Å². The fourth-order valence-electron chi connectivity index (χ4n) is 1.95. The van der Waals surface area contributed by atoms with Crippen LogP contribution in [0.25, 0.3) is 0 Å². The van der Waals surface area contributed by atoms with Crippen LogP contribution in [0, 0.1) is 0 Å². The first kappa shape index (κ1) is 14.2. The van der Waals surface area contributed by atoms with Crippen molar-refractivity contribution in [1.29, 1.82) is 0 Å². The zero-order valence-electron chi connectivity index (χ0n) is 10.5. The minimum Gasteiger partial charge on any atom is -0.478 e. The lowest BCUT2D eigenvalue weighted by Crippen LogP contribution is -2.40. The van der Waals surface area contributed by atoms with Gasteiger partial charge in [0.1, 0.15) is 17.0 Å². The maximum Gasteiger partial charge on any atom is 0.339 e. The first-order valence-corrected chi connectivity index (χ1v) is 6.61. The molecule has 0 radical (unpaired) electrons. The molecule has 2 heterocycles. The second-order valence-electron chi connectivity index (χ2n) is 4.40. The van der Waals surface area contributed by atoms with E-state index in [1.54, 1.807) is 13.3 Å². The van der Waals surface area contributed by atoms with Crippen LogP contribution in [0.4, 0.5) is 5.82 Å². The molecule has 0 amide bonds.